The number of nitro benzene ring substituents is 1. The number of benzene rings is 2. The van der Waals surface area contributed by atoms with Gasteiger partial charge >= 0.3 is 0 Å². The molecule has 0 saturated heterocycles. The molecule has 22 heavy (non-hydrogen) atoms. The van der Waals surface area contributed by atoms with Gasteiger partial charge in [0.15, 0.2) is 0 Å². The lowest BCUT2D eigenvalue weighted by Crippen LogP contribution is -2.11. The van der Waals surface area contributed by atoms with E-state index in [0.29, 0.717) is 21.0 Å². The molecule has 0 bridgehead atoms. The lowest BCUT2D eigenvalue weighted by Gasteiger charge is -2.01. The number of anilines is 1. The van der Waals surface area contributed by atoms with Gasteiger partial charge in [-0.3, -0.25) is 20.2 Å². The number of amides is 1. The molecule has 0 spiro atoms. The lowest BCUT2D eigenvalue weighted by molar-refractivity contribution is -0.384. The van der Waals surface area contributed by atoms with Gasteiger partial charge in [-0.15, -0.1) is 0 Å². The van der Waals surface area contributed by atoms with Gasteiger partial charge in [0.25, 0.3) is 11.6 Å². The minimum Gasteiger partial charge on any atom is -0.439 e. The highest BCUT2D eigenvalue weighted by Crippen LogP contribution is 2.36. The Kier molecular flexibility index (Phi) is 3.64. The highest BCUT2D eigenvalue weighted by molar-refractivity contribution is 9.10. The number of carbonyl (C=O) groups is 1. The third-order valence-electron chi connectivity index (χ3n) is 3.08. The van der Waals surface area contributed by atoms with E-state index in [1.165, 1.54) is 18.2 Å². The van der Waals surface area contributed by atoms with Crippen molar-refractivity contribution < 1.29 is 14.1 Å². The second-order valence-corrected chi connectivity index (χ2v) is 5.30. The van der Waals surface area contributed by atoms with E-state index in [9.17, 15) is 14.9 Å². The van der Waals surface area contributed by atoms with Crippen LogP contribution in [0, 0.1) is 10.1 Å². The van der Waals surface area contributed by atoms with Crippen LogP contribution >= 0.6 is 15.9 Å². The first-order valence-electron chi connectivity index (χ1n) is 6.29. The minimum atomic E-state index is -0.485. The molecule has 110 valence electrons. The molecule has 0 saturated carbocycles. The molecule has 3 rings (SSSR count). The maximum absolute atomic E-state index is 12.1. The molecule has 0 aliphatic rings. The Morgan fingerprint density at radius 2 is 1.91 bits per heavy atom. The number of carbonyl (C=O) groups excluding carboxylic acids is 1. The van der Waals surface area contributed by atoms with Crippen molar-refractivity contribution in [3.05, 3.63) is 68.7 Å². The second kappa shape index (κ2) is 5.61. The van der Waals surface area contributed by atoms with Gasteiger partial charge < -0.3 is 4.42 Å². The number of halogens is 1. The predicted octanol–water partition coefficient (Wildman–Crippen LogP) is 4.36. The summed E-state index contributed by atoms with van der Waals surface area (Å²) in [6, 6.07) is 12.9. The van der Waals surface area contributed by atoms with Gasteiger partial charge in [0.2, 0.25) is 5.88 Å². The number of furan rings is 1. The van der Waals surface area contributed by atoms with Crippen molar-refractivity contribution in [3.63, 3.8) is 0 Å². The maximum atomic E-state index is 12.1. The van der Waals surface area contributed by atoms with E-state index in [-0.39, 0.29) is 17.5 Å². The normalized spacial score (nSPS) is 10.6. The number of nitrogens with one attached hydrogen (secondary N) is 1. The van der Waals surface area contributed by atoms with E-state index in [0.717, 1.165) is 0 Å². The Balaban J connectivity index is 1.96. The molecule has 0 atom stereocenters. The Labute approximate surface area is 133 Å². The predicted molar refractivity (Wildman–Crippen MR) is 85.0 cm³/mol. The van der Waals surface area contributed by atoms with Gasteiger partial charge in [-0.25, -0.2) is 0 Å². The van der Waals surface area contributed by atoms with Crippen LogP contribution in [0.25, 0.3) is 11.0 Å². The molecular formula is C15H9BrN2O4. The van der Waals surface area contributed by atoms with Crippen molar-refractivity contribution in [2.75, 3.05) is 5.32 Å². The fourth-order valence-electron chi connectivity index (χ4n) is 2.01. The zero-order valence-corrected chi connectivity index (χ0v) is 12.7. The van der Waals surface area contributed by atoms with Crippen molar-refractivity contribution in [1.82, 2.24) is 0 Å². The minimum absolute atomic E-state index is 0.0464. The van der Waals surface area contributed by atoms with Crippen molar-refractivity contribution in [2.45, 2.75) is 0 Å². The average Bonchev–Trinajstić information content (AvgIpc) is 2.84. The van der Waals surface area contributed by atoms with Crippen LogP contribution in [0.3, 0.4) is 0 Å². The van der Waals surface area contributed by atoms with Gasteiger partial charge in [-0.1, -0.05) is 18.2 Å². The first kappa shape index (κ1) is 14.3. The maximum Gasteiger partial charge on any atom is 0.270 e. The molecule has 0 aliphatic carbocycles. The molecular weight excluding hydrogens is 352 g/mol. The van der Waals surface area contributed by atoms with Crippen LogP contribution < -0.4 is 5.32 Å². The van der Waals surface area contributed by atoms with E-state index in [4.69, 9.17) is 4.42 Å². The zero-order valence-electron chi connectivity index (χ0n) is 11.1. The first-order valence-corrected chi connectivity index (χ1v) is 7.08. The van der Waals surface area contributed by atoms with E-state index < -0.39 is 4.92 Å². The topological polar surface area (TPSA) is 85.4 Å². The summed E-state index contributed by atoms with van der Waals surface area (Å²) in [7, 11) is 0. The molecule has 1 heterocycles. The van der Waals surface area contributed by atoms with Crippen LogP contribution in [0.1, 0.15) is 10.4 Å². The molecule has 0 fully saturated rings. The second-order valence-electron chi connectivity index (χ2n) is 4.50. The molecule has 1 N–H and O–H groups in total. The van der Waals surface area contributed by atoms with Crippen molar-refractivity contribution in [3.8, 4) is 0 Å². The number of fused-ring (bicyclic) bond motifs is 1. The average molecular weight is 361 g/mol. The van der Waals surface area contributed by atoms with Crippen molar-refractivity contribution >= 4 is 44.4 Å². The SMILES string of the molecule is O=C(Nc1oc2ccc([N+](=O)[O-])cc2c1Br)c1ccccc1. The standard InChI is InChI=1S/C15H9BrN2O4/c16-13-11-8-10(18(20)21)6-7-12(11)22-15(13)17-14(19)9-4-2-1-3-5-9/h1-8H,(H,17,19). The summed E-state index contributed by atoms with van der Waals surface area (Å²) in [6.07, 6.45) is 0. The van der Waals surface area contributed by atoms with E-state index in [2.05, 4.69) is 21.2 Å². The molecule has 6 nitrogen and oxygen atoms in total. The zero-order chi connectivity index (χ0) is 15.7. The molecule has 3 aromatic rings. The number of non-ortho nitro benzene ring substituents is 1. The largest absolute Gasteiger partial charge is 0.439 e. The molecule has 7 heteroatoms. The number of rotatable bonds is 3. The highest BCUT2D eigenvalue weighted by atomic mass is 79.9. The molecule has 1 amide bonds. The Bertz CT molecular complexity index is 874. The molecule has 2 aromatic carbocycles. The quantitative estimate of drug-likeness (QED) is 0.555. The molecule has 1 aromatic heterocycles. The van der Waals surface area contributed by atoms with Crippen LogP contribution in [0.15, 0.2) is 57.4 Å². The van der Waals surface area contributed by atoms with Gasteiger partial charge in [0.1, 0.15) is 5.58 Å². The Hall–Kier alpha value is -2.67. The summed E-state index contributed by atoms with van der Waals surface area (Å²) >= 11 is 3.31. The van der Waals surface area contributed by atoms with E-state index in [1.54, 1.807) is 24.3 Å². The summed E-state index contributed by atoms with van der Waals surface area (Å²) in [6.45, 7) is 0. The van der Waals surface area contributed by atoms with Crippen LogP contribution in [-0.4, -0.2) is 10.8 Å². The summed E-state index contributed by atoms with van der Waals surface area (Å²) in [5.74, 6) is -0.112. The number of hydrogen-bond acceptors (Lipinski definition) is 4. The highest BCUT2D eigenvalue weighted by Gasteiger charge is 2.18. The summed E-state index contributed by atoms with van der Waals surface area (Å²) in [5.41, 5.74) is 0.886. The number of nitro groups is 1. The van der Waals surface area contributed by atoms with Gasteiger partial charge in [-0.2, -0.15) is 0 Å². The fourth-order valence-corrected chi connectivity index (χ4v) is 2.50. The van der Waals surface area contributed by atoms with Gasteiger partial charge in [0.05, 0.1) is 9.40 Å². The monoisotopic (exact) mass is 360 g/mol. The third-order valence-corrected chi connectivity index (χ3v) is 3.87. The van der Waals surface area contributed by atoms with Gasteiger partial charge in [-0.05, 0) is 34.1 Å². The number of hydrogen-bond donors (Lipinski definition) is 1. The van der Waals surface area contributed by atoms with Crippen molar-refractivity contribution in [2.24, 2.45) is 0 Å². The first-order chi connectivity index (χ1) is 10.6. The summed E-state index contributed by atoms with van der Waals surface area (Å²) < 4.78 is 5.99. The van der Waals surface area contributed by atoms with Crippen LogP contribution in [-0.2, 0) is 0 Å². The van der Waals surface area contributed by atoms with E-state index in [1.807, 2.05) is 6.07 Å². The van der Waals surface area contributed by atoms with Gasteiger partial charge in [0, 0.05) is 23.1 Å². The summed E-state index contributed by atoms with van der Waals surface area (Å²) in [4.78, 5) is 22.4. The lowest BCUT2D eigenvalue weighted by atomic mass is 10.2. The van der Waals surface area contributed by atoms with Crippen molar-refractivity contribution in [1.29, 1.82) is 0 Å². The van der Waals surface area contributed by atoms with Crippen LogP contribution in [0.5, 0.6) is 0 Å². The van der Waals surface area contributed by atoms with Crippen LogP contribution in [0.4, 0.5) is 11.6 Å². The smallest absolute Gasteiger partial charge is 0.270 e. The molecule has 0 unspecified atom stereocenters. The fraction of sp³-hybridized carbons (Fsp3) is 0. The van der Waals surface area contributed by atoms with Crippen LogP contribution in [0.2, 0.25) is 0 Å². The number of nitrogens with zero attached hydrogens (tertiary/aromatic N) is 1. The summed E-state index contributed by atoms with van der Waals surface area (Å²) in [5, 5.41) is 14.0. The Morgan fingerprint density at radius 1 is 1.18 bits per heavy atom. The third kappa shape index (κ3) is 2.58. The molecule has 0 radical (unpaired) electrons. The Morgan fingerprint density at radius 3 is 2.59 bits per heavy atom. The molecule has 0 aliphatic heterocycles. The van der Waals surface area contributed by atoms with E-state index >= 15 is 0 Å².